The highest BCUT2D eigenvalue weighted by Crippen LogP contribution is 2.40. The average Bonchev–Trinajstić information content (AvgIpc) is 3.12. The number of rotatable bonds is 7. The number of carbonyl (C=O) groups is 2. The first kappa shape index (κ1) is 21.1. The van der Waals surface area contributed by atoms with Gasteiger partial charge in [0.05, 0.1) is 20.1 Å². The Balaban J connectivity index is 2.46. The van der Waals surface area contributed by atoms with Crippen LogP contribution in [-0.4, -0.2) is 62.0 Å². The van der Waals surface area contributed by atoms with Gasteiger partial charge in [0.25, 0.3) is 0 Å². The summed E-state index contributed by atoms with van der Waals surface area (Å²) in [4.78, 5) is 29.5. The number of likely N-dealkylation sites (tertiary alicyclic amines) is 1. The molecule has 6 nitrogen and oxygen atoms in total. The van der Waals surface area contributed by atoms with Gasteiger partial charge in [0.2, 0.25) is 11.8 Å². The van der Waals surface area contributed by atoms with Crippen LogP contribution < -0.4 is 9.47 Å². The van der Waals surface area contributed by atoms with Crippen molar-refractivity contribution in [2.75, 3.05) is 40.4 Å². The highest BCUT2D eigenvalue weighted by molar-refractivity contribution is 5.84. The lowest BCUT2D eigenvalue weighted by atomic mass is 9.87. The van der Waals surface area contributed by atoms with Crippen LogP contribution in [-0.2, 0) is 9.59 Å². The smallest absolute Gasteiger partial charge is 0.228 e. The second kappa shape index (κ2) is 9.11. The Morgan fingerprint density at radius 2 is 1.81 bits per heavy atom. The fourth-order valence-corrected chi connectivity index (χ4v) is 3.81. The van der Waals surface area contributed by atoms with Gasteiger partial charge in [0, 0.05) is 43.6 Å². The van der Waals surface area contributed by atoms with Gasteiger partial charge in [-0.25, -0.2) is 0 Å². The summed E-state index contributed by atoms with van der Waals surface area (Å²) in [5.74, 6) is 1.11. The van der Waals surface area contributed by atoms with Crippen molar-refractivity contribution in [2.45, 2.75) is 33.6 Å². The van der Waals surface area contributed by atoms with Crippen LogP contribution in [0.5, 0.6) is 11.5 Å². The number of hydrogen-bond donors (Lipinski definition) is 0. The van der Waals surface area contributed by atoms with E-state index in [1.54, 1.807) is 14.2 Å². The van der Waals surface area contributed by atoms with Gasteiger partial charge in [-0.05, 0) is 32.0 Å². The molecule has 27 heavy (non-hydrogen) atoms. The molecule has 0 bridgehead atoms. The molecule has 0 N–H and O–H groups in total. The summed E-state index contributed by atoms with van der Waals surface area (Å²) in [5, 5.41) is 0. The molecule has 6 heteroatoms. The number of carbonyl (C=O) groups excluding carboxylic acids is 2. The van der Waals surface area contributed by atoms with Crippen LogP contribution in [0.15, 0.2) is 18.2 Å². The van der Waals surface area contributed by atoms with Gasteiger partial charge in [0.15, 0.2) is 0 Å². The molecule has 0 aromatic heterocycles. The van der Waals surface area contributed by atoms with E-state index in [0.29, 0.717) is 31.9 Å². The molecule has 2 unspecified atom stereocenters. The summed E-state index contributed by atoms with van der Waals surface area (Å²) in [6, 6.07) is 5.63. The molecule has 1 aliphatic rings. The molecule has 1 aliphatic heterocycles. The normalized spacial score (nSPS) is 19.3. The van der Waals surface area contributed by atoms with Crippen LogP contribution in [0.1, 0.15) is 39.2 Å². The van der Waals surface area contributed by atoms with E-state index in [1.807, 2.05) is 55.7 Å². The van der Waals surface area contributed by atoms with Crippen LogP contribution in [0.3, 0.4) is 0 Å². The molecule has 0 radical (unpaired) electrons. The van der Waals surface area contributed by atoms with Crippen molar-refractivity contribution in [3.63, 3.8) is 0 Å². The van der Waals surface area contributed by atoms with Gasteiger partial charge >= 0.3 is 0 Å². The maximum atomic E-state index is 13.2. The molecule has 1 aromatic carbocycles. The fourth-order valence-electron chi connectivity index (χ4n) is 3.81. The highest BCUT2D eigenvalue weighted by Gasteiger charge is 2.43. The zero-order valence-corrected chi connectivity index (χ0v) is 17.3. The molecule has 1 saturated heterocycles. The molecular weight excluding hydrogens is 344 g/mol. The van der Waals surface area contributed by atoms with E-state index in [2.05, 4.69) is 0 Å². The van der Waals surface area contributed by atoms with Gasteiger partial charge in [-0.1, -0.05) is 13.8 Å². The van der Waals surface area contributed by atoms with Crippen molar-refractivity contribution in [1.29, 1.82) is 0 Å². The molecule has 0 spiro atoms. The number of ether oxygens (including phenoxy) is 2. The Morgan fingerprint density at radius 1 is 1.15 bits per heavy atom. The topological polar surface area (TPSA) is 59.1 Å². The highest BCUT2D eigenvalue weighted by atomic mass is 16.5. The zero-order chi connectivity index (χ0) is 20.1. The van der Waals surface area contributed by atoms with Gasteiger partial charge in [-0.3, -0.25) is 9.59 Å². The van der Waals surface area contributed by atoms with E-state index < -0.39 is 0 Å². The van der Waals surface area contributed by atoms with Gasteiger partial charge in [0.1, 0.15) is 11.5 Å². The average molecular weight is 376 g/mol. The molecule has 0 aliphatic carbocycles. The van der Waals surface area contributed by atoms with Crippen LogP contribution >= 0.6 is 0 Å². The molecule has 1 heterocycles. The molecule has 2 rings (SSSR count). The van der Waals surface area contributed by atoms with E-state index in [9.17, 15) is 9.59 Å². The number of methoxy groups -OCH3 is 2. The first-order valence-corrected chi connectivity index (χ1v) is 9.67. The number of amides is 2. The lowest BCUT2D eigenvalue weighted by Crippen LogP contribution is -2.39. The summed E-state index contributed by atoms with van der Waals surface area (Å²) in [6.45, 7) is 10.0. The van der Waals surface area contributed by atoms with Crippen LogP contribution in [0.4, 0.5) is 0 Å². The van der Waals surface area contributed by atoms with Crippen molar-refractivity contribution < 1.29 is 19.1 Å². The Kier molecular flexibility index (Phi) is 7.11. The maximum Gasteiger partial charge on any atom is 0.228 e. The van der Waals surface area contributed by atoms with Crippen LogP contribution in [0, 0.1) is 11.8 Å². The predicted molar refractivity (Wildman–Crippen MR) is 105 cm³/mol. The van der Waals surface area contributed by atoms with Crippen molar-refractivity contribution in [2.24, 2.45) is 11.8 Å². The summed E-state index contributed by atoms with van der Waals surface area (Å²) in [6.07, 6.45) is 0. The van der Waals surface area contributed by atoms with Gasteiger partial charge in [-0.2, -0.15) is 0 Å². The second-order valence-electron chi connectivity index (χ2n) is 7.23. The first-order valence-electron chi connectivity index (χ1n) is 9.67. The maximum absolute atomic E-state index is 13.2. The van der Waals surface area contributed by atoms with Crippen molar-refractivity contribution in [1.82, 2.24) is 9.80 Å². The van der Waals surface area contributed by atoms with Crippen LogP contribution in [0.25, 0.3) is 0 Å². The van der Waals surface area contributed by atoms with Crippen molar-refractivity contribution in [3.05, 3.63) is 23.8 Å². The first-order chi connectivity index (χ1) is 12.9. The van der Waals surface area contributed by atoms with E-state index in [0.717, 1.165) is 11.3 Å². The molecule has 1 fully saturated rings. The Bertz CT molecular complexity index is 670. The zero-order valence-electron chi connectivity index (χ0n) is 17.3. The largest absolute Gasteiger partial charge is 0.497 e. The van der Waals surface area contributed by atoms with E-state index in [4.69, 9.17) is 9.47 Å². The summed E-state index contributed by atoms with van der Waals surface area (Å²) in [7, 11) is 3.24. The van der Waals surface area contributed by atoms with Crippen molar-refractivity contribution >= 4 is 11.8 Å². The quantitative estimate of drug-likeness (QED) is 0.734. The van der Waals surface area contributed by atoms with Gasteiger partial charge in [-0.15, -0.1) is 0 Å². The van der Waals surface area contributed by atoms with E-state index in [-0.39, 0.29) is 29.6 Å². The summed E-state index contributed by atoms with van der Waals surface area (Å²) >= 11 is 0. The third-order valence-electron chi connectivity index (χ3n) is 5.35. The molecule has 2 atom stereocenters. The Labute approximate surface area is 162 Å². The monoisotopic (exact) mass is 376 g/mol. The number of nitrogens with zero attached hydrogens (tertiary/aromatic N) is 2. The number of benzene rings is 1. The molecule has 2 amide bonds. The molecule has 0 saturated carbocycles. The summed E-state index contributed by atoms with van der Waals surface area (Å²) in [5.41, 5.74) is 0.918. The second-order valence-corrected chi connectivity index (χ2v) is 7.23. The molecule has 1 aromatic rings. The minimum Gasteiger partial charge on any atom is -0.497 e. The Hall–Kier alpha value is -2.24. The van der Waals surface area contributed by atoms with E-state index in [1.165, 1.54) is 0 Å². The van der Waals surface area contributed by atoms with Crippen LogP contribution in [0.2, 0.25) is 0 Å². The minimum absolute atomic E-state index is 0.0803. The fraction of sp³-hybridized carbons (Fsp3) is 0.619. The lowest BCUT2D eigenvalue weighted by Gasteiger charge is -2.26. The molecular formula is C21H32N2O4. The lowest BCUT2D eigenvalue weighted by molar-refractivity contribution is -0.136. The standard InChI is InChI=1S/C21H32N2O4/c1-7-22(8-2)21(25)18-13-23(20(24)14(3)4)12-17(18)16-11-15(26-5)9-10-19(16)27-6/h9-11,14,17-18H,7-8,12-13H2,1-6H3. The van der Waals surface area contributed by atoms with Crippen molar-refractivity contribution in [3.8, 4) is 11.5 Å². The summed E-state index contributed by atoms with van der Waals surface area (Å²) < 4.78 is 10.9. The predicted octanol–water partition coefficient (Wildman–Crippen LogP) is 2.77. The van der Waals surface area contributed by atoms with Gasteiger partial charge < -0.3 is 19.3 Å². The van der Waals surface area contributed by atoms with E-state index >= 15 is 0 Å². The molecule has 150 valence electrons. The third-order valence-corrected chi connectivity index (χ3v) is 5.35. The number of hydrogen-bond acceptors (Lipinski definition) is 4. The Morgan fingerprint density at radius 3 is 2.33 bits per heavy atom. The third kappa shape index (κ3) is 4.37. The SMILES string of the molecule is CCN(CC)C(=O)C1CN(C(=O)C(C)C)CC1c1cc(OC)ccc1OC. The minimum atomic E-state index is -0.284.